The normalized spacial score (nSPS) is 10.6. The average Bonchev–Trinajstić information content (AvgIpc) is 2.91. The predicted octanol–water partition coefficient (Wildman–Crippen LogP) is 4.27. The van der Waals surface area contributed by atoms with E-state index in [1.54, 1.807) is 25.3 Å². The van der Waals surface area contributed by atoms with Crippen LogP contribution in [0.4, 0.5) is 11.4 Å². The third kappa shape index (κ3) is 2.71. The Morgan fingerprint density at radius 2 is 2.09 bits per heavy atom. The summed E-state index contributed by atoms with van der Waals surface area (Å²) >= 11 is 6.11. The Kier molecular flexibility index (Phi) is 3.65. The molecule has 0 fully saturated rings. The number of aromatic carboxylic acids is 1. The second-order valence-electron chi connectivity index (χ2n) is 4.76. The van der Waals surface area contributed by atoms with Gasteiger partial charge >= 0.3 is 5.97 Å². The molecule has 22 heavy (non-hydrogen) atoms. The molecule has 5 nitrogen and oxygen atoms in total. The standard InChI is InChI=1S/C16H13ClN2O3/c1-22-11-4-2-3-10(7-11)18-13-5-9(17)6-14-12(13)8-15(19-14)16(20)21/h2-8,18-19H,1H3,(H,20,21). The number of carbonyl (C=O) groups is 1. The first-order valence-corrected chi connectivity index (χ1v) is 6.91. The van der Waals surface area contributed by atoms with Gasteiger partial charge in [0, 0.05) is 33.4 Å². The summed E-state index contributed by atoms with van der Waals surface area (Å²) < 4.78 is 5.19. The lowest BCUT2D eigenvalue weighted by Gasteiger charge is -2.10. The second kappa shape index (κ2) is 5.61. The van der Waals surface area contributed by atoms with Crippen molar-refractivity contribution in [3.8, 4) is 5.75 Å². The second-order valence-corrected chi connectivity index (χ2v) is 5.20. The van der Waals surface area contributed by atoms with E-state index in [1.165, 1.54) is 0 Å². The summed E-state index contributed by atoms with van der Waals surface area (Å²) in [5.41, 5.74) is 2.32. The molecule has 0 saturated carbocycles. The number of hydrogen-bond donors (Lipinski definition) is 3. The predicted molar refractivity (Wildman–Crippen MR) is 86.5 cm³/mol. The van der Waals surface area contributed by atoms with E-state index in [0.717, 1.165) is 22.5 Å². The van der Waals surface area contributed by atoms with E-state index in [4.69, 9.17) is 21.4 Å². The van der Waals surface area contributed by atoms with Gasteiger partial charge in [0.15, 0.2) is 0 Å². The number of hydrogen-bond acceptors (Lipinski definition) is 3. The fourth-order valence-corrected chi connectivity index (χ4v) is 2.50. The van der Waals surface area contributed by atoms with Crippen molar-refractivity contribution in [2.24, 2.45) is 0 Å². The summed E-state index contributed by atoms with van der Waals surface area (Å²) in [5.74, 6) is -0.289. The Morgan fingerprint density at radius 3 is 2.82 bits per heavy atom. The molecule has 0 amide bonds. The molecular formula is C16H13ClN2O3. The number of halogens is 1. The van der Waals surface area contributed by atoms with Crippen LogP contribution < -0.4 is 10.1 Å². The fraction of sp³-hybridized carbons (Fsp3) is 0.0625. The highest BCUT2D eigenvalue weighted by atomic mass is 35.5. The van der Waals surface area contributed by atoms with Gasteiger partial charge in [0.05, 0.1) is 7.11 Å². The molecule has 0 saturated heterocycles. The van der Waals surface area contributed by atoms with Crippen molar-refractivity contribution in [3.63, 3.8) is 0 Å². The third-order valence-corrected chi connectivity index (χ3v) is 3.50. The summed E-state index contributed by atoms with van der Waals surface area (Å²) in [5, 5.41) is 13.6. The average molecular weight is 317 g/mol. The number of anilines is 2. The molecule has 0 aliphatic heterocycles. The van der Waals surface area contributed by atoms with Crippen molar-refractivity contribution in [1.29, 1.82) is 0 Å². The molecule has 1 aromatic heterocycles. The number of carboxylic acid groups (broad SMARTS) is 1. The minimum absolute atomic E-state index is 0.117. The maximum absolute atomic E-state index is 11.1. The number of nitrogens with one attached hydrogen (secondary N) is 2. The van der Waals surface area contributed by atoms with E-state index in [9.17, 15) is 4.79 Å². The number of methoxy groups -OCH3 is 1. The Balaban J connectivity index is 2.07. The zero-order valence-electron chi connectivity index (χ0n) is 11.7. The Bertz CT molecular complexity index is 858. The summed E-state index contributed by atoms with van der Waals surface area (Å²) in [6, 6.07) is 12.5. The molecule has 0 unspecified atom stereocenters. The molecule has 6 heteroatoms. The molecule has 0 atom stereocenters. The van der Waals surface area contributed by atoms with Gasteiger partial charge in [0.25, 0.3) is 0 Å². The molecule has 0 spiro atoms. The smallest absolute Gasteiger partial charge is 0.352 e. The lowest BCUT2D eigenvalue weighted by atomic mass is 10.2. The van der Waals surface area contributed by atoms with Crippen LogP contribution in [0.25, 0.3) is 10.9 Å². The molecular weight excluding hydrogens is 304 g/mol. The minimum Gasteiger partial charge on any atom is -0.497 e. The SMILES string of the molecule is COc1cccc(Nc2cc(Cl)cc3[nH]c(C(=O)O)cc23)c1. The first kappa shape index (κ1) is 14.3. The first-order valence-electron chi connectivity index (χ1n) is 6.53. The number of benzene rings is 2. The van der Waals surface area contributed by atoms with Crippen LogP contribution in [0.5, 0.6) is 5.75 Å². The van der Waals surface area contributed by atoms with Crippen molar-refractivity contribution >= 4 is 39.8 Å². The molecule has 2 aromatic carbocycles. The number of ether oxygens (including phenoxy) is 1. The highest BCUT2D eigenvalue weighted by Gasteiger charge is 2.12. The maximum Gasteiger partial charge on any atom is 0.352 e. The highest BCUT2D eigenvalue weighted by molar-refractivity contribution is 6.32. The zero-order valence-corrected chi connectivity index (χ0v) is 12.4. The van der Waals surface area contributed by atoms with E-state index in [0.29, 0.717) is 10.5 Å². The highest BCUT2D eigenvalue weighted by Crippen LogP contribution is 2.31. The molecule has 0 aliphatic rings. The number of H-pyrrole nitrogens is 1. The van der Waals surface area contributed by atoms with Gasteiger partial charge in [-0.25, -0.2) is 4.79 Å². The van der Waals surface area contributed by atoms with Crippen LogP contribution >= 0.6 is 11.6 Å². The van der Waals surface area contributed by atoms with Crippen molar-refractivity contribution < 1.29 is 14.6 Å². The lowest BCUT2D eigenvalue weighted by molar-refractivity contribution is 0.0691. The number of aromatic amines is 1. The third-order valence-electron chi connectivity index (χ3n) is 3.28. The van der Waals surface area contributed by atoms with E-state index >= 15 is 0 Å². The van der Waals surface area contributed by atoms with Gasteiger partial charge in [-0.05, 0) is 30.3 Å². The van der Waals surface area contributed by atoms with Crippen molar-refractivity contribution in [2.75, 3.05) is 12.4 Å². The van der Waals surface area contributed by atoms with E-state index in [-0.39, 0.29) is 5.69 Å². The van der Waals surface area contributed by atoms with Crippen molar-refractivity contribution in [2.45, 2.75) is 0 Å². The molecule has 3 N–H and O–H groups in total. The molecule has 0 radical (unpaired) electrons. The molecule has 0 bridgehead atoms. The number of fused-ring (bicyclic) bond motifs is 1. The van der Waals surface area contributed by atoms with Gasteiger partial charge in [0.2, 0.25) is 0 Å². The van der Waals surface area contributed by atoms with Crippen molar-refractivity contribution in [3.05, 3.63) is 53.2 Å². The molecule has 0 aliphatic carbocycles. The van der Waals surface area contributed by atoms with Crippen LogP contribution in [0, 0.1) is 0 Å². The summed E-state index contributed by atoms with van der Waals surface area (Å²) in [6.45, 7) is 0. The Labute approximate surface area is 131 Å². The van der Waals surface area contributed by atoms with Crippen LogP contribution in [-0.4, -0.2) is 23.2 Å². The van der Waals surface area contributed by atoms with Gasteiger partial charge in [-0.2, -0.15) is 0 Å². The summed E-state index contributed by atoms with van der Waals surface area (Å²) in [7, 11) is 1.60. The van der Waals surface area contributed by atoms with Gasteiger partial charge in [0.1, 0.15) is 11.4 Å². The first-order chi connectivity index (χ1) is 10.6. The summed E-state index contributed by atoms with van der Waals surface area (Å²) in [6.07, 6.45) is 0. The van der Waals surface area contributed by atoms with Gasteiger partial charge in [-0.3, -0.25) is 0 Å². The molecule has 1 heterocycles. The largest absolute Gasteiger partial charge is 0.497 e. The number of rotatable bonds is 4. The quantitative estimate of drug-likeness (QED) is 0.672. The molecule has 3 rings (SSSR count). The monoisotopic (exact) mass is 316 g/mol. The summed E-state index contributed by atoms with van der Waals surface area (Å²) in [4.78, 5) is 13.9. The van der Waals surface area contributed by atoms with Gasteiger partial charge in [-0.15, -0.1) is 0 Å². The van der Waals surface area contributed by atoms with Crippen LogP contribution in [0.1, 0.15) is 10.5 Å². The van der Waals surface area contributed by atoms with E-state index in [1.807, 2.05) is 24.3 Å². The number of aromatic nitrogens is 1. The van der Waals surface area contributed by atoms with E-state index in [2.05, 4.69) is 10.3 Å². The van der Waals surface area contributed by atoms with Gasteiger partial charge in [-0.1, -0.05) is 17.7 Å². The number of carboxylic acids is 1. The van der Waals surface area contributed by atoms with E-state index < -0.39 is 5.97 Å². The maximum atomic E-state index is 11.1. The van der Waals surface area contributed by atoms with Crippen LogP contribution in [0.2, 0.25) is 5.02 Å². The van der Waals surface area contributed by atoms with Crippen molar-refractivity contribution in [1.82, 2.24) is 4.98 Å². The fourth-order valence-electron chi connectivity index (χ4n) is 2.28. The Hall–Kier alpha value is -2.66. The topological polar surface area (TPSA) is 74.3 Å². The lowest BCUT2D eigenvalue weighted by Crippen LogP contribution is -1.94. The van der Waals surface area contributed by atoms with Crippen LogP contribution in [-0.2, 0) is 0 Å². The molecule has 3 aromatic rings. The Morgan fingerprint density at radius 1 is 1.27 bits per heavy atom. The zero-order chi connectivity index (χ0) is 15.7. The molecule has 112 valence electrons. The minimum atomic E-state index is -1.01. The van der Waals surface area contributed by atoms with Crippen LogP contribution in [0.15, 0.2) is 42.5 Å². The van der Waals surface area contributed by atoms with Gasteiger partial charge < -0.3 is 20.1 Å². The van der Waals surface area contributed by atoms with Crippen LogP contribution in [0.3, 0.4) is 0 Å².